The van der Waals surface area contributed by atoms with Crippen molar-refractivity contribution in [2.24, 2.45) is 5.92 Å². The van der Waals surface area contributed by atoms with Crippen LogP contribution >= 0.6 is 0 Å². The number of methoxy groups -OCH3 is 1. The molecule has 1 aromatic heterocycles. The molecule has 0 bridgehead atoms. The molecule has 8 nitrogen and oxygen atoms in total. The number of amides is 2. The highest BCUT2D eigenvalue weighted by Crippen LogP contribution is 2.47. The van der Waals surface area contributed by atoms with Gasteiger partial charge in [-0.2, -0.15) is 13.2 Å². The van der Waals surface area contributed by atoms with Crippen LogP contribution in [0.3, 0.4) is 0 Å². The number of pyridine rings is 1. The summed E-state index contributed by atoms with van der Waals surface area (Å²) in [7, 11) is 1.62. The van der Waals surface area contributed by atoms with E-state index < -0.39 is 28.8 Å². The van der Waals surface area contributed by atoms with Gasteiger partial charge in [-0.15, -0.1) is 0 Å². The molecule has 1 aliphatic heterocycles. The Morgan fingerprint density at radius 3 is 2.43 bits per heavy atom. The van der Waals surface area contributed by atoms with Crippen molar-refractivity contribution < 1.29 is 32.6 Å². The first-order chi connectivity index (χ1) is 21.1. The smallest absolute Gasteiger partial charge is 0.384 e. The number of nitrogens with zero attached hydrogens (tertiary/aromatic N) is 2. The van der Waals surface area contributed by atoms with Crippen LogP contribution in [0.15, 0.2) is 72.9 Å². The Morgan fingerprint density at radius 1 is 1.07 bits per heavy atom. The molecule has 1 saturated carbocycles. The second kappa shape index (κ2) is 13.1. The quantitative estimate of drug-likeness (QED) is 0.321. The molecule has 11 heteroatoms. The van der Waals surface area contributed by atoms with E-state index >= 15 is 0 Å². The third-order valence-corrected chi connectivity index (χ3v) is 8.91. The maximum Gasteiger partial charge on any atom is 0.416 e. The van der Waals surface area contributed by atoms with Gasteiger partial charge in [0.1, 0.15) is 5.60 Å². The Balaban J connectivity index is 1.36. The summed E-state index contributed by atoms with van der Waals surface area (Å²) in [6.07, 6.45) is 0.0306. The van der Waals surface area contributed by atoms with Crippen molar-refractivity contribution in [3.05, 3.63) is 95.3 Å². The molecule has 2 heterocycles. The number of nitrogens with one attached hydrogen (secondary N) is 2. The molecular weight excluding hydrogens is 573 g/mol. The van der Waals surface area contributed by atoms with Gasteiger partial charge in [0.2, 0.25) is 5.91 Å². The van der Waals surface area contributed by atoms with E-state index in [9.17, 15) is 27.9 Å². The van der Waals surface area contributed by atoms with Crippen molar-refractivity contribution in [1.82, 2.24) is 15.6 Å². The van der Waals surface area contributed by atoms with E-state index in [1.165, 1.54) is 12.1 Å². The van der Waals surface area contributed by atoms with Gasteiger partial charge in [0.05, 0.1) is 29.9 Å². The summed E-state index contributed by atoms with van der Waals surface area (Å²) in [5.74, 6) is -1.09. The molecule has 5 rings (SSSR count). The van der Waals surface area contributed by atoms with Gasteiger partial charge in [0, 0.05) is 31.1 Å². The number of carbonyl (C=O) groups excluding carboxylic acids is 2. The highest BCUT2D eigenvalue weighted by atomic mass is 19.4. The summed E-state index contributed by atoms with van der Waals surface area (Å²) in [6, 6.07) is 17.1. The lowest BCUT2D eigenvalue weighted by atomic mass is 9.68. The zero-order valence-electron chi connectivity index (χ0n) is 24.6. The number of alkyl halides is 3. The van der Waals surface area contributed by atoms with Crippen LogP contribution in [0.2, 0.25) is 0 Å². The number of ether oxygens (including phenoxy) is 1. The topological polar surface area (TPSA) is 104 Å². The molecule has 2 aromatic carbocycles. The van der Waals surface area contributed by atoms with Crippen LogP contribution in [0.4, 0.5) is 18.9 Å². The Bertz CT molecular complexity index is 1440. The number of carbonyl (C=O) groups is 2. The predicted octanol–water partition coefficient (Wildman–Crippen LogP) is 4.82. The lowest BCUT2D eigenvalue weighted by Crippen LogP contribution is -2.61. The van der Waals surface area contributed by atoms with E-state index in [2.05, 4.69) is 15.6 Å². The van der Waals surface area contributed by atoms with Crippen molar-refractivity contribution in [2.75, 3.05) is 31.6 Å². The average Bonchev–Trinajstić information content (AvgIpc) is 3.51. The Kier molecular flexibility index (Phi) is 9.38. The van der Waals surface area contributed by atoms with Crippen LogP contribution in [-0.2, 0) is 27.9 Å². The predicted molar refractivity (Wildman–Crippen MR) is 159 cm³/mol. The van der Waals surface area contributed by atoms with Crippen molar-refractivity contribution in [3.8, 4) is 0 Å². The van der Waals surface area contributed by atoms with Crippen molar-refractivity contribution >= 4 is 17.5 Å². The first-order valence-electron chi connectivity index (χ1n) is 14.8. The maximum atomic E-state index is 14.0. The van der Waals surface area contributed by atoms with Crippen LogP contribution in [0, 0.1) is 5.92 Å². The largest absolute Gasteiger partial charge is 0.416 e. The van der Waals surface area contributed by atoms with Gasteiger partial charge in [0.25, 0.3) is 5.91 Å². The number of para-hydroxylation sites is 1. The summed E-state index contributed by atoms with van der Waals surface area (Å²) < 4.78 is 44.8. The normalized spacial score (nSPS) is 23.7. The first kappa shape index (κ1) is 31.6. The van der Waals surface area contributed by atoms with Crippen LogP contribution in [0.1, 0.15) is 59.3 Å². The minimum Gasteiger partial charge on any atom is -0.384 e. The molecule has 1 atom stereocenters. The Hall–Kier alpha value is -3.80. The van der Waals surface area contributed by atoms with Gasteiger partial charge >= 0.3 is 6.18 Å². The second-order valence-corrected chi connectivity index (χ2v) is 11.6. The average molecular weight is 611 g/mol. The van der Waals surface area contributed by atoms with Gasteiger partial charge in [0.15, 0.2) is 0 Å². The third kappa shape index (κ3) is 6.64. The van der Waals surface area contributed by atoms with Crippen molar-refractivity contribution in [2.45, 2.75) is 56.0 Å². The number of aliphatic hydroxyl groups is 1. The SMILES string of the molecule is COCc1ccc([C@]2(O)CC[C@@H]([C@]3(N(C(=O)CNC(=O)c4cccc(C(F)(F)F)c4)c4ccccc4)CCNC3)CC2)nc1. The zero-order chi connectivity index (χ0) is 31.4. The van der Waals surface area contributed by atoms with E-state index in [0.29, 0.717) is 63.2 Å². The van der Waals surface area contributed by atoms with Gasteiger partial charge in [-0.25, -0.2) is 0 Å². The van der Waals surface area contributed by atoms with E-state index in [-0.39, 0.29) is 23.9 Å². The van der Waals surface area contributed by atoms with Crippen LogP contribution in [-0.4, -0.2) is 54.2 Å². The van der Waals surface area contributed by atoms with Crippen LogP contribution < -0.4 is 15.5 Å². The zero-order valence-corrected chi connectivity index (χ0v) is 24.6. The van der Waals surface area contributed by atoms with Gasteiger partial charge in [-0.1, -0.05) is 30.3 Å². The standard InChI is InChI=1S/C33H37F3N4O4/c1-44-21-23-10-11-28(38-19-23)32(43)14-12-25(13-15-32)31(16-17-37-22-31)40(27-8-3-2-4-9-27)29(41)20-39-30(42)24-6-5-7-26(18-24)33(34,35)36/h2-11,18-19,25,37,43H,12-17,20-22H2,1H3,(H,39,42)/t25-,31-,32+/m0/s1. The molecular formula is C33H37F3N4O4. The highest BCUT2D eigenvalue weighted by molar-refractivity contribution is 6.01. The van der Waals surface area contributed by atoms with Crippen molar-refractivity contribution in [3.63, 3.8) is 0 Å². The third-order valence-electron chi connectivity index (χ3n) is 8.91. The molecule has 1 aliphatic carbocycles. The molecule has 3 N–H and O–H groups in total. The van der Waals surface area contributed by atoms with Crippen molar-refractivity contribution in [1.29, 1.82) is 0 Å². The van der Waals surface area contributed by atoms with E-state index in [0.717, 1.165) is 17.7 Å². The molecule has 2 amide bonds. The first-order valence-corrected chi connectivity index (χ1v) is 14.8. The fraction of sp³-hybridized carbons (Fsp3) is 0.424. The fourth-order valence-corrected chi connectivity index (χ4v) is 6.66. The summed E-state index contributed by atoms with van der Waals surface area (Å²) in [4.78, 5) is 33.1. The van der Waals surface area contributed by atoms with Gasteiger partial charge in [-0.3, -0.25) is 14.6 Å². The van der Waals surface area contributed by atoms with Crippen LogP contribution in [0.5, 0.6) is 0 Å². The van der Waals surface area contributed by atoms with Crippen LogP contribution in [0.25, 0.3) is 0 Å². The number of rotatable bonds is 9. The Morgan fingerprint density at radius 2 is 1.82 bits per heavy atom. The molecule has 3 aromatic rings. The second-order valence-electron chi connectivity index (χ2n) is 11.6. The molecule has 234 valence electrons. The van der Waals surface area contributed by atoms with E-state index in [1.807, 2.05) is 42.5 Å². The highest BCUT2D eigenvalue weighted by Gasteiger charge is 2.51. The number of aromatic nitrogens is 1. The molecule has 44 heavy (non-hydrogen) atoms. The number of halogens is 3. The lowest BCUT2D eigenvalue weighted by Gasteiger charge is -2.49. The number of benzene rings is 2. The minimum absolute atomic E-state index is 0.0360. The number of anilines is 1. The van der Waals surface area contributed by atoms with E-state index in [4.69, 9.17) is 4.74 Å². The summed E-state index contributed by atoms with van der Waals surface area (Å²) >= 11 is 0. The summed E-state index contributed by atoms with van der Waals surface area (Å²) in [5, 5.41) is 17.6. The molecule has 1 saturated heterocycles. The number of hydrogen-bond acceptors (Lipinski definition) is 6. The Labute approximate surface area is 254 Å². The lowest BCUT2D eigenvalue weighted by molar-refractivity contribution is -0.137. The molecule has 0 unspecified atom stereocenters. The van der Waals surface area contributed by atoms with Gasteiger partial charge in [-0.05, 0) is 86.5 Å². The molecule has 0 spiro atoms. The number of hydrogen-bond donors (Lipinski definition) is 3. The minimum atomic E-state index is -4.59. The molecule has 2 aliphatic rings. The summed E-state index contributed by atoms with van der Waals surface area (Å²) in [5.41, 5.74) is -0.620. The molecule has 0 radical (unpaired) electrons. The fourth-order valence-electron chi connectivity index (χ4n) is 6.66. The summed E-state index contributed by atoms with van der Waals surface area (Å²) in [6.45, 7) is 1.27. The van der Waals surface area contributed by atoms with E-state index in [1.54, 1.807) is 18.2 Å². The molecule has 2 fully saturated rings. The maximum absolute atomic E-state index is 14.0. The monoisotopic (exact) mass is 610 g/mol. The van der Waals surface area contributed by atoms with Gasteiger partial charge < -0.3 is 25.4 Å².